The van der Waals surface area contributed by atoms with E-state index in [1.165, 1.54) is 12.8 Å². The monoisotopic (exact) mass is 314 g/mol. The molecule has 1 amide bonds. The van der Waals surface area contributed by atoms with Crippen LogP contribution in [0.1, 0.15) is 24.2 Å². The molecule has 3 N–H and O–H groups in total. The van der Waals surface area contributed by atoms with Crippen molar-refractivity contribution < 1.29 is 9.90 Å². The number of carbonyl (C=O) groups is 1. The van der Waals surface area contributed by atoms with Gasteiger partial charge in [-0.15, -0.1) is 12.4 Å². The zero-order valence-corrected chi connectivity index (χ0v) is 13.0. The van der Waals surface area contributed by atoms with Crippen LogP contribution in [-0.4, -0.2) is 57.9 Å². The van der Waals surface area contributed by atoms with Gasteiger partial charge >= 0.3 is 0 Å². The lowest BCUT2D eigenvalue weighted by Gasteiger charge is -2.16. The largest absolute Gasteiger partial charge is 0.391 e. The molecule has 0 unspecified atom stereocenters. The number of amides is 1. The van der Waals surface area contributed by atoms with Crippen molar-refractivity contribution in [2.45, 2.75) is 38.3 Å². The first kappa shape index (κ1) is 16.3. The molecular weight excluding hydrogens is 292 g/mol. The van der Waals surface area contributed by atoms with Crippen molar-refractivity contribution in [1.29, 1.82) is 0 Å². The molecule has 0 aromatic carbocycles. The third-order valence-electron chi connectivity index (χ3n) is 4.11. The lowest BCUT2D eigenvalue weighted by molar-refractivity contribution is -0.129. The molecule has 2 heterocycles. The Bertz CT molecular complexity index is 489. The highest BCUT2D eigenvalue weighted by Gasteiger charge is 2.34. The zero-order valence-electron chi connectivity index (χ0n) is 12.2. The molecule has 0 bridgehead atoms. The number of aliphatic hydroxyl groups is 1. The fourth-order valence-corrected chi connectivity index (χ4v) is 2.74. The molecule has 2 aliphatic rings. The standard InChI is InChI=1S/C14H22N4O2.ClH/c1-9-4-12(17-16-9)5-10-7-18(8-13(10)19)14(20)6-15-11-2-3-11;/h4,10-11,13,15,19H,2-3,5-8H2,1H3,(H,16,17);1H/t10-,13-;/m1./s1. The Hall–Kier alpha value is -1.11. The molecule has 1 saturated carbocycles. The fraction of sp³-hybridized carbons (Fsp3) is 0.714. The van der Waals surface area contributed by atoms with Crippen molar-refractivity contribution in [1.82, 2.24) is 20.4 Å². The number of aromatic amines is 1. The molecule has 1 aromatic rings. The van der Waals surface area contributed by atoms with E-state index in [0.29, 0.717) is 32.1 Å². The second-order valence-corrected chi connectivity index (χ2v) is 6.03. The van der Waals surface area contributed by atoms with Gasteiger partial charge in [0, 0.05) is 30.7 Å². The number of aryl methyl sites for hydroxylation is 1. The van der Waals surface area contributed by atoms with E-state index >= 15 is 0 Å². The summed E-state index contributed by atoms with van der Waals surface area (Å²) in [5, 5.41) is 20.4. The number of carbonyl (C=O) groups excluding carboxylic acids is 1. The summed E-state index contributed by atoms with van der Waals surface area (Å²) in [6.07, 6.45) is 2.62. The van der Waals surface area contributed by atoms with Crippen molar-refractivity contribution in [3.63, 3.8) is 0 Å². The van der Waals surface area contributed by atoms with Gasteiger partial charge in [0.25, 0.3) is 0 Å². The molecule has 21 heavy (non-hydrogen) atoms. The number of aromatic nitrogens is 2. The van der Waals surface area contributed by atoms with Gasteiger partial charge in [0.1, 0.15) is 0 Å². The molecule has 2 atom stereocenters. The lowest BCUT2D eigenvalue weighted by Crippen LogP contribution is -2.38. The third kappa shape index (κ3) is 4.18. The number of β-amino-alcohol motifs (C(OH)–C–C–N with tert-alkyl or cyclic N) is 1. The minimum atomic E-state index is -0.447. The van der Waals surface area contributed by atoms with Crippen molar-refractivity contribution in [3.05, 3.63) is 17.5 Å². The SMILES string of the molecule is Cc1cc(C[C@@H]2CN(C(=O)CNC3CC3)C[C@H]2O)n[nH]1.Cl. The molecule has 1 aromatic heterocycles. The van der Waals surface area contributed by atoms with Gasteiger partial charge in [0.15, 0.2) is 0 Å². The van der Waals surface area contributed by atoms with Crippen molar-refractivity contribution in [3.8, 4) is 0 Å². The van der Waals surface area contributed by atoms with Gasteiger partial charge in [-0.05, 0) is 32.3 Å². The Kier molecular flexibility index (Phi) is 5.24. The maximum atomic E-state index is 12.1. The van der Waals surface area contributed by atoms with E-state index in [2.05, 4.69) is 15.5 Å². The summed E-state index contributed by atoms with van der Waals surface area (Å²) in [5.74, 6) is 0.180. The number of likely N-dealkylation sites (tertiary alicyclic amines) is 1. The minimum absolute atomic E-state index is 0. The lowest BCUT2D eigenvalue weighted by atomic mass is 10.0. The molecule has 2 fully saturated rings. The number of nitrogens with zero attached hydrogens (tertiary/aromatic N) is 2. The smallest absolute Gasteiger partial charge is 0.236 e. The second-order valence-electron chi connectivity index (χ2n) is 6.03. The summed E-state index contributed by atoms with van der Waals surface area (Å²) >= 11 is 0. The van der Waals surface area contributed by atoms with E-state index in [1.807, 2.05) is 13.0 Å². The average molecular weight is 315 g/mol. The van der Waals surface area contributed by atoms with E-state index in [1.54, 1.807) is 4.90 Å². The molecule has 1 aliphatic carbocycles. The zero-order chi connectivity index (χ0) is 14.1. The van der Waals surface area contributed by atoms with Gasteiger partial charge < -0.3 is 15.3 Å². The van der Waals surface area contributed by atoms with Crippen LogP contribution in [0.15, 0.2) is 6.07 Å². The van der Waals surface area contributed by atoms with Crippen LogP contribution in [0.4, 0.5) is 0 Å². The van der Waals surface area contributed by atoms with Gasteiger partial charge in [-0.2, -0.15) is 5.10 Å². The van der Waals surface area contributed by atoms with Crippen molar-refractivity contribution >= 4 is 18.3 Å². The first-order valence-corrected chi connectivity index (χ1v) is 7.32. The Morgan fingerprint density at radius 1 is 1.52 bits per heavy atom. The van der Waals surface area contributed by atoms with E-state index in [4.69, 9.17) is 0 Å². The van der Waals surface area contributed by atoms with E-state index < -0.39 is 6.10 Å². The van der Waals surface area contributed by atoms with E-state index in [-0.39, 0.29) is 24.2 Å². The van der Waals surface area contributed by atoms with Crippen LogP contribution in [0.3, 0.4) is 0 Å². The number of hydrogen-bond donors (Lipinski definition) is 3. The maximum absolute atomic E-state index is 12.1. The van der Waals surface area contributed by atoms with Crippen LogP contribution < -0.4 is 5.32 Å². The van der Waals surface area contributed by atoms with E-state index in [9.17, 15) is 9.90 Å². The van der Waals surface area contributed by atoms with Crippen LogP contribution in [-0.2, 0) is 11.2 Å². The summed E-state index contributed by atoms with van der Waals surface area (Å²) in [6.45, 7) is 3.42. The highest BCUT2D eigenvalue weighted by molar-refractivity contribution is 5.85. The Morgan fingerprint density at radius 2 is 2.29 bits per heavy atom. The fourth-order valence-electron chi connectivity index (χ4n) is 2.74. The van der Waals surface area contributed by atoms with Crippen LogP contribution in [0.5, 0.6) is 0 Å². The minimum Gasteiger partial charge on any atom is -0.391 e. The second kappa shape index (κ2) is 6.77. The van der Waals surface area contributed by atoms with Crippen LogP contribution in [0.2, 0.25) is 0 Å². The summed E-state index contributed by atoms with van der Waals surface area (Å²) in [7, 11) is 0. The summed E-state index contributed by atoms with van der Waals surface area (Å²) < 4.78 is 0. The van der Waals surface area contributed by atoms with Gasteiger partial charge in [-0.1, -0.05) is 0 Å². The summed E-state index contributed by atoms with van der Waals surface area (Å²) in [4.78, 5) is 13.8. The van der Waals surface area contributed by atoms with E-state index in [0.717, 1.165) is 11.4 Å². The van der Waals surface area contributed by atoms with Gasteiger partial charge in [-0.3, -0.25) is 9.89 Å². The predicted octanol–water partition coefficient (Wildman–Crippen LogP) is 0.254. The Morgan fingerprint density at radius 3 is 2.90 bits per heavy atom. The van der Waals surface area contributed by atoms with Crippen LogP contribution in [0, 0.1) is 12.8 Å². The first-order chi connectivity index (χ1) is 9.61. The van der Waals surface area contributed by atoms with Crippen molar-refractivity contribution in [2.24, 2.45) is 5.92 Å². The molecular formula is C14H23ClN4O2. The van der Waals surface area contributed by atoms with Gasteiger partial charge in [-0.25, -0.2) is 0 Å². The molecule has 1 saturated heterocycles. The molecule has 6 nitrogen and oxygen atoms in total. The quantitative estimate of drug-likeness (QED) is 0.728. The highest BCUT2D eigenvalue weighted by atomic mass is 35.5. The number of aliphatic hydroxyl groups excluding tert-OH is 1. The number of nitrogens with one attached hydrogen (secondary N) is 2. The Balaban J connectivity index is 0.00000161. The summed E-state index contributed by atoms with van der Waals surface area (Å²) in [5.41, 5.74) is 1.98. The number of H-pyrrole nitrogens is 1. The van der Waals surface area contributed by atoms with Crippen LogP contribution in [0.25, 0.3) is 0 Å². The molecule has 0 radical (unpaired) electrons. The number of halogens is 1. The molecule has 118 valence electrons. The highest BCUT2D eigenvalue weighted by Crippen LogP contribution is 2.22. The Labute approximate surface area is 130 Å². The maximum Gasteiger partial charge on any atom is 0.236 e. The average Bonchev–Trinajstić information content (AvgIpc) is 3.06. The topological polar surface area (TPSA) is 81.2 Å². The predicted molar refractivity (Wildman–Crippen MR) is 81.4 cm³/mol. The molecule has 7 heteroatoms. The van der Waals surface area contributed by atoms with Gasteiger partial charge in [0.2, 0.25) is 5.91 Å². The number of rotatable bonds is 5. The summed E-state index contributed by atoms with van der Waals surface area (Å²) in [6, 6.07) is 2.53. The first-order valence-electron chi connectivity index (χ1n) is 7.32. The van der Waals surface area contributed by atoms with Crippen LogP contribution >= 0.6 is 12.4 Å². The van der Waals surface area contributed by atoms with Gasteiger partial charge in [0.05, 0.1) is 18.3 Å². The van der Waals surface area contributed by atoms with Crippen molar-refractivity contribution in [2.75, 3.05) is 19.6 Å². The number of hydrogen-bond acceptors (Lipinski definition) is 4. The molecule has 0 spiro atoms. The molecule has 1 aliphatic heterocycles. The molecule has 3 rings (SSSR count). The third-order valence-corrected chi connectivity index (χ3v) is 4.11. The normalized spacial score (nSPS) is 25.0.